The summed E-state index contributed by atoms with van der Waals surface area (Å²) < 4.78 is 14.2. The van der Waals surface area contributed by atoms with Gasteiger partial charge in [0.1, 0.15) is 5.82 Å². The van der Waals surface area contributed by atoms with E-state index in [0.717, 1.165) is 0 Å². The summed E-state index contributed by atoms with van der Waals surface area (Å²) in [4.78, 5) is 11.0. The molecule has 2 aromatic rings. The van der Waals surface area contributed by atoms with Crippen molar-refractivity contribution < 1.29 is 14.3 Å². The van der Waals surface area contributed by atoms with Crippen molar-refractivity contribution in [1.29, 1.82) is 0 Å². The molecular weight excluding hydrogens is 247 g/mol. The number of carboxylic acid groups (broad SMARTS) is 1. The van der Waals surface area contributed by atoms with Crippen molar-refractivity contribution in [3.63, 3.8) is 0 Å². The first-order valence-corrected chi connectivity index (χ1v) is 5.12. The van der Waals surface area contributed by atoms with Crippen LogP contribution in [0.2, 0.25) is 5.02 Å². The van der Waals surface area contributed by atoms with E-state index >= 15 is 0 Å². The molecule has 0 radical (unpaired) electrons. The van der Waals surface area contributed by atoms with Crippen LogP contribution in [0.1, 0.15) is 16.2 Å². The number of benzene rings is 1. The lowest BCUT2D eigenvalue weighted by molar-refractivity contribution is 0.0687. The molecular formula is C11H8ClFN2O2. The van der Waals surface area contributed by atoms with Crippen LogP contribution in [0.15, 0.2) is 24.3 Å². The van der Waals surface area contributed by atoms with E-state index in [1.807, 2.05) is 0 Å². The van der Waals surface area contributed by atoms with Crippen LogP contribution in [0, 0.1) is 12.7 Å². The second kappa shape index (κ2) is 4.18. The predicted octanol–water partition coefficient (Wildman–Crippen LogP) is 2.67. The maximum Gasteiger partial charge on any atom is 0.354 e. The molecule has 17 heavy (non-hydrogen) atoms. The quantitative estimate of drug-likeness (QED) is 0.896. The Hall–Kier alpha value is -1.88. The Bertz CT molecular complexity index is 595. The average Bonchev–Trinajstić information content (AvgIpc) is 2.64. The van der Waals surface area contributed by atoms with Gasteiger partial charge in [-0.25, -0.2) is 13.9 Å². The van der Waals surface area contributed by atoms with Gasteiger partial charge < -0.3 is 5.11 Å². The van der Waals surface area contributed by atoms with Crippen LogP contribution in [-0.2, 0) is 0 Å². The fourth-order valence-electron chi connectivity index (χ4n) is 1.47. The Labute approximate surface area is 101 Å². The minimum absolute atomic E-state index is 0.00479. The average molecular weight is 255 g/mol. The number of hydrogen-bond acceptors (Lipinski definition) is 2. The standard InChI is InChI=1S/C11H8ClFN2O2/c1-6-4-10(11(16)17)15(14-6)7-2-3-9(13)8(12)5-7/h2-5H,1H3,(H,16,17). The van der Waals surface area contributed by atoms with Crippen molar-refractivity contribution in [2.75, 3.05) is 0 Å². The van der Waals surface area contributed by atoms with Crippen LogP contribution >= 0.6 is 11.6 Å². The van der Waals surface area contributed by atoms with Gasteiger partial charge in [0.25, 0.3) is 0 Å². The molecule has 0 aliphatic rings. The van der Waals surface area contributed by atoms with E-state index in [1.54, 1.807) is 6.92 Å². The van der Waals surface area contributed by atoms with Gasteiger partial charge in [0.2, 0.25) is 0 Å². The summed E-state index contributed by atoms with van der Waals surface area (Å²) in [5, 5.41) is 12.9. The highest BCUT2D eigenvalue weighted by atomic mass is 35.5. The molecule has 1 heterocycles. The molecule has 1 N–H and O–H groups in total. The number of halogens is 2. The van der Waals surface area contributed by atoms with Gasteiger partial charge in [-0.15, -0.1) is 0 Å². The topological polar surface area (TPSA) is 55.1 Å². The van der Waals surface area contributed by atoms with Gasteiger partial charge in [0.15, 0.2) is 5.69 Å². The minimum atomic E-state index is -1.11. The Balaban J connectivity index is 2.59. The van der Waals surface area contributed by atoms with Crippen LogP contribution in [0.4, 0.5) is 4.39 Å². The fraction of sp³-hybridized carbons (Fsp3) is 0.0909. The van der Waals surface area contributed by atoms with Crippen LogP contribution in [0.5, 0.6) is 0 Å². The van der Waals surface area contributed by atoms with Gasteiger partial charge in [-0.1, -0.05) is 11.6 Å². The number of nitrogens with zero attached hydrogens (tertiary/aromatic N) is 2. The van der Waals surface area contributed by atoms with Gasteiger partial charge in [-0.2, -0.15) is 5.10 Å². The minimum Gasteiger partial charge on any atom is -0.477 e. The Morgan fingerprint density at radius 2 is 2.18 bits per heavy atom. The van der Waals surface area contributed by atoms with Gasteiger partial charge >= 0.3 is 5.97 Å². The van der Waals surface area contributed by atoms with Gasteiger partial charge in [-0.05, 0) is 31.2 Å². The lowest BCUT2D eigenvalue weighted by Crippen LogP contribution is -2.08. The van der Waals surface area contributed by atoms with Gasteiger partial charge in [0, 0.05) is 0 Å². The number of aromatic carboxylic acids is 1. The second-order valence-corrected chi connectivity index (χ2v) is 3.89. The fourth-order valence-corrected chi connectivity index (χ4v) is 1.64. The molecule has 0 aliphatic carbocycles. The zero-order valence-electron chi connectivity index (χ0n) is 8.82. The molecule has 0 aliphatic heterocycles. The van der Waals surface area contributed by atoms with Crippen molar-refractivity contribution in [3.05, 3.63) is 46.5 Å². The lowest BCUT2D eigenvalue weighted by Gasteiger charge is -2.05. The summed E-state index contributed by atoms with van der Waals surface area (Å²) in [6.07, 6.45) is 0. The van der Waals surface area contributed by atoms with Gasteiger partial charge in [-0.3, -0.25) is 0 Å². The Kier molecular flexibility index (Phi) is 2.85. The number of carboxylic acids is 1. The van der Waals surface area contributed by atoms with Gasteiger partial charge in [0.05, 0.1) is 16.4 Å². The third kappa shape index (κ3) is 2.14. The molecule has 0 saturated carbocycles. The third-order valence-corrected chi connectivity index (χ3v) is 2.49. The molecule has 0 fully saturated rings. The van der Waals surface area contributed by atoms with Crippen molar-refractivity contribution in [2.24, 2.45) is 0 Å². The monoisotopic (exact) mass is 254 g/mol. The normalized spacial score (nSPS) is 10.5. The van der Waals surface area contributed by atoms with E-state index in [0.29, 0.717) is 11.4 Å². The van der Waals surface area contributed by atoms with E-state index in [1.165, 1.54) is 28.9 Å². The summed E-state index contributed by atoms with van der Waals surface area (Å²) in [7, 11) is 0. The molecule has 2 rings (SSSR count). The van der Waals surface area contributed by atoms with Crippen LogP contribution in [0.25, 0.3) is 5.69 Å². The molecule has 0 spiro atoms. The first-order valence-electron chi connectivity index (χ1n) is 4.74. The van der Waals surface area contributed by atoms with E-state index in [2.05, 4.69) is 5.10 Å². The maximum absolute atomic E-state index is 13.0. The molecule has 4 nitrogen and oxygen atoms in total. The molecule has 0 bridgehead atoms. The van der Waals surface area contributed by atoms with Crippen LogP contribution in [0.3, 0.4) is 0 Å². The molecule has 1 aromatic heterocycles. The summed E-state index contributed by atoms with van der Waals surface area (Å²) in [6.45, 7) is 1.67. The molecule has 88 valence electrons. The Morgan fingerprint density at radius 3 is 2.76 bits per heavy atom. The van der Waals surface area contributed by atoms with Crippen molar-refractivity contribution in [2.45, 2.75) is 6.92 Å². The molecule has 0 amide bonds. The zero-order chi connectivity index (χ0) is 12.6. The highest BCUT2D eigenvalue weighted by Crippen LogP contribution is 2.20. The molecule has 0 saturated heterocycles. The number of rotatable bonds is 2. The summed E-state index contributed by atoms with van der Waals surface area (Å²) in [6, 6.07) is 5.34. The van der Waals surface area contributed by atoms with E-state index in [9.17, 15) is 9.18 Å². The van der Waals surface area contributed by atoms with Crippen molar-refractivity contribution in [3.8, 4) is 5.69 Å². The first-order chi connectivity index (χ1) is 7.99. The largest absolute Gasteiger partial charge is 0.477 e. The smallest absolute Gasteiger partial charge is 0.354 e. The van der Waals surface area contributed by atoms with E-state index in [-0.39, 0.29) is 10.7 Å². The molecule has 1 aromatic carbocycles. The molecule has 0 atom stereocenters. The predicted molar refractivity (Wildman–Crippen MR) is 60.2 cm³/mol. The second-order valence-electron chi connectivity index (χ2n) is 3.49. The zero-order valence-corrected chi connectivity index (χ0v) is 9.57. The molecule has 0 unspecified atom stereocenters. The summed E-state index contributed by atoms with van der Waals surface area (Å²) in [5.74, 6) is -1.66. The van der Waals surface area contributed by atoms with Crippen LogP contribution in [-0.4, -0.2) is 20.9 Å². The maximum atomic E-state index is 13.0. The Morgan fingerprint density at radius 1 is 1.47 bits per heavy atom. The number of aryl methyl sites for hydroxylation is 1. The summed E-state index contributed by atoms with van der Waals surface area (Å²) >= 11 is 5.64. The highest BCUT2D eigenvalue weighted by molar-refractivity contribution is 6.30. The van der Waals surface area contributed by atoms with Crippen LogP contribution < -0.4 is 0 Å². The highest BCUT2D eigenvalue weighted by Gasteiger charge is 2.14. The third-order valence-electron chi connectivity index (χ3n) is 2.20. The van der Waals surface area contributed by atoms with E-state index in [4.69, 9.17) is 16.7 Å². The van der Waals surface area contributed by atoms with E-state index < -0.39 is 11.8 Å². The SMILES string of the molecule is Cc1cc(C(=O)O)n(-c2ccc(F)c(Cl)c2)n1. The van der Waals surface area contributed by atoms with Crippen molar-refractivity contribution >= 4 is 17.6 Å². The number of hydrogen-bond donors (Lipinski definition) is 1. The number of aromatic nitrogens is 2. The lowest BCUT2D eigenvalue weighted by atomic mass is 10.3. The van der Waals surface area contributed by atoms with Crippen molar-refractivity contribution in [1.82, 2.24) is 9.78 Å². The summed E-state index contributed by atoms with van der Waals surface area (Å²) in [5.41, 5.74) is 0.968. The first kappa shape index (κ1) is 11.6. The number of carbonyl (C=O) groups is 1. The molecule has 6 heteroatoms.